The Labute approximate surface area is 140 Å². The number of morpholine rings is 1. The molecule has 0 bridgehead atoms. The maximum Gasteiger partial charge on any atom is 0.320 e. The molecule has 7 nitrogen and oxygen atoms in total. The molecule has 1 aromatic heterocycles. The van der Waals surface area contributed by atoms with Crippen LogP contribution in [-0.4, -0.2) is 65.4 Å². The van der Waals surface area contributed by atoms with Crippen LogP contribution >= 0.6 is 0 Å². The third-order valence-corrected chi connectivity index (χ3v) is 4.81. The Hall–Kier alpha value is -2.41. The first-order valence-corrected chi connectivity index (χ1v) is 8.26. The van der Waals surface area contributed by atoms with Crippen LogP contribution in [0.4, 0.5) is 4.79 Å². The molecule has 2 atom stereocenters. The van der Waals surface area contributed by atoms with Crippen molar-refractivity contribution in [3.8, 4) is 0 Å². The standard InChI is InChI=1S/C17H20N4O3/c22-17(20-6-8-23-9-7-20)21-10-14(13-4-2-1-3-5-13)15(11-21)16-18-12-24-19-16/h1-5,12,14-15H,6-11H2. The highest BCUT2D eigenvalue weighted by Crippen LogP contribution is 2.38. The van der Waals surface area contributed by atoms with Crippen molar-refractivity contribution in [2.24, 2.45) is 0 Å². The lowest BCUT2D eigenvalue weighted by Gasteiger charge is -2.31. The second-order valence-electron chi connectivity index (χ2n) is 6.20. The maximum absolute atomic E-state index is 12.8. The summed E-state index contributed by atoms with van der Waals surface area (Å²) < 4.78 is 10.3. The molecule has 0 radical (unpaired) electrons. The molecule has 126 valence electrons. The molecule has 2 aromatic rings. The SMILES string of the molecule is O=C(N1CCOCC1)N1CC(c2ccccc2)C(c2ncon2)C1. The summed E-state index contributed by atoms with van der Waals surface area (Å²) in [5.74, 6) is 0.895. The van der Waals surface area contributed by atoms with Gasteiger partial charge in [0.25, 0.3) is 0 Å². The van der Waals surface area contributed by atoms with E-state index in [1.807, 2.05) is 28.0 Å². The number of amides is 2. The molecule has 7 heteroatoms. The summed E-state index contributed by atoms with van der Waals surface area (Å²) >= 11 is 0. The number of hydrogen-bond donors (Lipinski definition) is 0. The molecule has 3 heterocycles. The number of aromatic nitrogens is 2. The fraction of sp³-hybridized carbons (Fsp3) is 0.471. The molecule has 1 aromatic carbocycles. The van der Waals surface area contributed by atoms with Crippen molar-refractivity contribution in [2.45, 2.75) is 11.8 Å². The topological polar surface area (TPSA) is 71.7 Å². The van der Waals surface area contributed by atoms with Gasteiger partial charge >= 0.3 is 6.03 Å². The zero-order valence-corrected chi connectivity index (χ0v) is 13.4. The highest BCUT2D eigenvalue weighted by atomic mass is 16.5. The van der Waals surface area contributed by atoms with Crippen molar-refractivity contribution in [3.05, 3.63) is 48.1 Å². The molecule has 2 saturated heterocycles. The third kappa shape index (κ3) is 2.87. The molecule has 4 rings (SSSR count). The number of carbonyl (C=O) groups is 1. The summed E-state index contributed by atoms with van der Waals surface area (Å²) in [5.41, 5.74) is 1.20. The van der Waals surface area contributed by atoms with Gasteiger partial charge in [0.15, 0.2) is 5.82 Å². The second-order valence-corrected chi connectivity index (χ2v) is 6.20. The first-order chi connectivity index (χ1) is 11.8. The Morgan fingerprint density at radius 2 is 1.79 bits per heavy atom. The zero-order chi connectivity index (χ0) is 16.4. The van der Waals surface area contributed by atoms with E-state index in [0.717, 1.165) is 0 Å². The first kappa shape index (κ1) is 15.1. The van der Waals surface area contributed by atoms with Crippen LogP contribution in [0, 0.1) is 0 Å². The molecular formula is C17H20N4O3. The number of ether oxygens (including phenoxy) is 1. The summed E-state index contributed by atoms with van der Waals surface area (Å²) in [5, 5.41) is 4.02. The van der Waals surface area contributed by atoms with E-state index >= 15 is 0 Å². The second kappa shape index (κ2) is 6.60. The van der Waals surface area contributed by atoms with Gasteiger partial charge < -0.3 is 19.1 Å². The van der Waals surface area contributed by atoms with E-state index in [1.165, 1.54) is 12.0 Å². The van der Waals surface area contributed by atoms with E-state index in [9.17, 15) is 4.79 Å². The predicted octanol–water partition coefficient (Wildman–Crippen LogP) is 1.70. The van der Waals surface area contributed by atoms with Gasteiger partial charge in [-0.3, -0.25) is 0 Å². The van der Waals surface area contributed by atoms with E-state index in [0.29, 0.717) is 45.2 Å². The minimum Gasteiger partial charge on any atom is -0.378 e. The Morgan fingerprint density at radius 3 is 2.50 bits per heavy atom. The van der Waals surface area contributed by atoms with Gasteiger partial charge in [-0.15, -0.1) is 0 Å². The van der Waals surface area contributed by atoms with Gasteiger partial charge in [0.1, 0.15) is 0 Å². The molecule has 0 saturated carbocycles. The number of benzene rings is 1. The van der Waals surface area contributed by atoms with Gasteiger partial charge in [-0.2, -0.15) is 4.98 Å². The van der Waals surface area contributed by atoms with E-state index < -0.39 is 0 Å². The summed E-state index contributed by atoms with van der Waals surface area (Å²) in [6.45, 7) is 3.79. The van der Waals surface area contributed by atoms with Crippen molar-refractivity contribution >= 4 is 6.03 Å². The average molecular weight is 328 g/mol. The summed E-state index contributed by atoms with van der Waals surface area (Å²) in [4.78, 5) is 20.8. The van der Waals surface area contributed by atoms with Crippen LogP contribution in [0.5, 0.6) is 0 Å². The van der Waals surface area contributed by atoms with Crippen LogP contribution in [0.1, 0.15) is 23.2 Å². The first-order valence-electron chi connectivity index (χ1n) is 8.26. The van der Waals surface area contributed by atoms with Crippen LogP contribution in [0.15, 0.2) is 41.2 Å². The maximum atomic E-state index is 12.8. The number of rotatable bonds is 2. The predicted molar refractivity (Wildman–Crippen MR) is 85.6 cm³/mol. The molecule has 0 spiro atoms. The van der Waals surface area contributed by atoms with Crippen LogP contribution in [-0.2, 0) is 4.74 Å². The highest BCUT2D eigenvalue weighted by molar-refractivity contribution is 5.75. The van der Waals surface area contributed by atoms with E-state index in [-0.39, 0.29) is 17.9 Å². The van der Waals surface area contributed by atoms with Crippen LogP contribution in [0.2, 0.25) is 0 Å². The van der Waals surface area contributed by atoms with Crippen molar-refractivity contribution in [1.82, 2.24) is 19.9 Å². The fourth-order valence-electron chi connectivity index (χ4n) is 3.56. The largest absolute Gasteiger partial charge is 0.378 e. The molecule has 24 heavy (non-hydrogen) atoms. The van der Waals surface area contributed by atoms with Gasteiger partial charge in [-0.25, -0.2) is 4.79 Å². The Balaban J connectivity index is 1.57. The monoisotopic (exact) mass is 328 g/mol. The number of hydrogen-bond acceptors (Lipinski definition) is 5. The van der Waals surface area contributed by atoms with E-state index in [2.05, 4.69) is 22.3 Å². The molecule has 2 aliphatic heterocycles. The smallest absolute Gasteiger partial charge is 0.320 e. The Kier molecular flexibility index (Phi) is 4.17. The average Bonchev–Trinajstić information content (AvgIpc) is 3.32. The number of likely N-dealkylation sites (tertiary alicyclic amines) is 1. The van der Waals surface area contributed by atoms with E-state index in [1.54, 1.807) is 0 Å². The molecule has 2 fully saturated rings. The molecule has 0 aliphatic carbocycles. The van der Waals surface area contributed by atoms with Gasteiger partial charge in [0.2, 0.25) is 6.39 Å². The number of carbonyl (C=O) groups excluding carboxylic acids is 1. The van der Waals surface area contributed by atoms with Crippen molar-refractivity contribution < 1.29 is 14.1 Å². The van der Waals surface area contributed by atoms with Gasteiger partial charge in [-0.05, 0) is 5.56 Å². The third-order valence-electron chi connectivity index (χ3n) is 4.81. The van der Waals surface area contributed by atoms with Gasteiger partial charge in [-0.1, -0.05) is 35.5 Å². The Bertz CT molecular complexity index is 670. The Morgan fingerprint density at radius 1 is 1.04 bits per heavy atom. The molecule has 2 amide bonds. The summed E-state index contributed by atoms with van der Waals surface area (Å²) in [7, 11) is 0. The lowest BCUT2D eigenvalue weighted by Crippen LogP contribution is -2.47. The zero-order valence-electron chi connectivity index (χ0n) is 13.4. The quantitative estimate of drug-likeness (QED) is 0.839. The van der Waals surface area contributed by atoms with Crippen molar-refractivity contribution in [3.63, 3.8) is 0 Å². The van der Waals surface area contributed by atoms with Crippen molar-refractivity contribution in [2.75, 3.05) is 39.4 Å². The minimum absolute atomic E-state index is 0.0520. The summed E-state index contributed by atoms with van der Waals surface area (Å²) in [6, 6.07) is 10.3. The lowest BCUT2D eigenvalue weighted by molar-refractivity contribution is 0.0450. The fourth-order valence-corrected chi connectivity index (χ4v) is 3.56. The molecule has 0 N–H and O–H groups in total. The summed E-state index contributed by atoms with van der Waals surface area (Å²) in [6.07, 6.45) is 1.35. The normalized spacial score (nSPS) is 24.3. The lowest BCUT2D eigenvalue weighted by atomic mass is 9.88. The van der Waals surface area contributed by atoms with Crippen LogP contribution in [0.3, 0.4) is 0 Å². The van der Waals surface area contributed by atoms with Crippen LogP contribution in [0.25, 0.3) is 0 Å². The molecule has 2 unspecified atom stereocenters. The molecule has 2 aliphatic rings. The highest BCUT2D eigenvalue weighted by Gasteiger charge is 2.40. The van der Waals surface area contributed by atoms with Gasteiger partial charge in [0.05, 0.1) is 13.2 Å². The van der Waals surface area contributed by atoms with Crippen molar-refractivity contribution in [1.29, 1.82) is 0 Å². The minimum atomic E-state index is 0.0520. The van der Waals surface area contributed by atoms with Crippen LogP contribution < -0.4 is 0 Å². The van der Waals surface area contributed by atoms with Gasteiger partial charge in [0, 0.05) is 38.0 Å². The number of urea groups is 1. The van der Waals surface area contributed by atoms with E-state index in [4.69, 9.17) is 9.26 Å². The molecular weight excluding hydrogens is 308 g/mol. The number of nitrogens with zero attached hydrogens (tertiary/aromatic N) is 4.